The Morgan fingerprint density at radius 2 is 2.05 bits per heavy atom. The van der Waals surface area contributed by atoms with Crippen LogP contribution < -0.4 is 16.4 Å². The number of rotatable bonds is 2. The minimum absolute atomic E-state index is 0.140. The molecule has 0 aromatic carbocycles. The van der Waals surface area contributed by atoms with Crippen LogP contribution in [-0.2, 0) is 0 Å². The molecule has 1 aliphatic heterocycles. The lowest BCUT2D eigenvalue weighted by Gasteiger charge is -2.39. The molecule has 6 nitrogen and oxygen atoms in total. The van der Waals surface area contributed by atoms with Gasteiger partial charge in [0.2, 0.25) is 5.95 Å². The summed E-state index contributed by atoms with van der Waals surface area (Å²) in [6.45, 7) is 10.4. The Morgan fingerprint density at radius 1 is 1.27 bits per heavy atom. The third kappa shape index (κ3) is 2.70. The predicted molar refractivity (Wildman–Crippen MR) is 89.9 cm³/mol. The van der Waals surface area contributed by atoms with Gasteiger partial charge in [-0.2, -0.15) is 9.97 Å². The van der Waals surface area contributed by atoms with Gasteiger partial charge in [0.1, 0.15) is 5.82 Å². The number of nitrogen functional groups attached to an aromatic ring is 1. The second-order valence-electron chi connectivity index (χ2n) is 6.86. The van der Waals surface area contributed by atoms with Gasteiger partial charge in [0, 0.05) is 18.3 Å². The van der Waals surface area contributed by atoms with E-state index >= 15 is 0 Å². The van der Waals surface area contributed by atoms with Crippen molar-refractivity contribution in [3.63, 3.8) is 0 Å². The van der Waals surface area contributed by atoms with Crippen molar-refractivity contribution in [2.75, 3.05) is 24.1 Å². The Morgan fingerprint density at radius 3 is 2.77 bits per heavy atom. The monoisotopic (exact) mass is 300 g/mol. The van der Waals surface area contributed by atoms with Gasteiger partial charge in [-0.15, -0.1) is 0 Å². The second-order valence-corrected chi connectivity index (χ2v) is 6.86. The number of anilines is 2. The van der Waals surface area contributed by atoms with E-state index in [1.807, 2.05) is 19.9 Å². The highest BCUT2D eigenvalue weighted by molar-refractivity contribution is 5.89. The molecule has 6 heteroatoms. The molecule has 3 heterocycles. The zero-order valence-electron chi connectivity index (χ0n) is 13.7. The van der Waals surface area contributed by atoms with Crippen LogP contribution >= 0.6 is 0 Å². The summed E-state index contributed by atoms with van der Waals surface area (Å²) in [5.74, 6) is 1.06. The Labute approximate surface area is 130 Å². The molecule has 4 N–H and O–H groups in total. The molecule has 0 aliphatic carbocycles. The van der Waals surface area contributed by atoms with Gasteiger partial charge in [-0.3, -0.25) is 0 Å². The highest BCUT2D eigenvalue weighted by Gasteiger charge is 2.32. The number of aromatic nitrogens is 3. The first-order valence-corrected chi connectivity index (χ1v) is 7.75. The van der Waals surface area contributed by atoms with Crippen LogP contribution in [0.4, 0.5) is 11.8 Å². The number of nitrogens with one attached hydrogen (secondary N) is 2. The zero-order chi connectivity index (χ0) is 15.9. The Bertz CT molecular complexity index is 709. The van der Waals surface area contributed by atoms with E-state index in [1.165, 1.54) is 0 Å². The lowest BCUT2D eigenvalue weighted by atomic mass is 9.80. The molecule has 0 spiro atoms. The third-order valence-corrected chi connectivity index (χ3v) is 4.46. The van der Waals surface area contributed by atoms with Gasteiger partial charge in [0.05, 0.1) is 5.39 Å². The predicted octanol–water partition coefficient (Wildman–Crippen LogP) is 2.02. The van der Waals surface area contributed by atoms with E-state index in [2.05, 4.69) is 39.4 Å². The van der Waals surface area contributed by atoms with Gasteiger partial charge in [0.25, 0.3) is 0 Å². The third-order valence-electron chi connectivity index (χ3n) is 4.46. The van der Waals surface area contributed by atoms with Crippen molar-refractivity contribution in [1.82, 2.24) is 20.3 Å². The maximum Gasteiger partial charge on any atom is 0.226 e. The number of pyridine rings is 1. The molecule has 0 saturated carbocycles. The topological polar surface area (TPSA) is 88.8 Å². The van der Waals surface area contributed by atoms with E-state index in [4.69, 9.17) is 5.73 Å². The molecule has 1 unspecified atom stereocenters. The summed E-state index contributed by atoms with van der Waals surface area (Å²) >= 11 is 0. The molecule has 22 heavy (non-hydrogen) atoms. The molecular formula is C16H24N6. The molecule has 0 bridgehead atoms. The molecule has 118 valence electrons. The number of nitrogens with zero attached hydrogens (tertiary/aromatic N) is 3. The SMILES string of the molecule is Cc1cc(C)c2c(N)nc(NC3CCNCC3(C)C)nc2n1. The average Bonchev–Trinajstić information content (AvgIpc) is 2.39. The van der Waals surface area contributed by atoms with E-state index in [0.29, 0.717) is 23.5 Å². The fourth-order valence-corrected chi connectivity index (χ4v) is 3.17. The Balaban J connectivity index is 1.98. The zero-order valence-corrected chi connectivity index (χ0v) is 13.7. The lowest BCUT2D eigenvalue weighted by Crippen LogP contribution is -2.50. The van der Waals surface area contributed by atoms with E-state index in [1.54, 1.807) is 0 Å². The van der Waals surface area contributed by atoms with Gasteiger partial charge in [-0.05, 0) is 43.9 Å². The summed E-state index contributed by atoms with van der Waals surface area (Å²) in [6.07, 6.45) is 1.04. The highest BCUT2D eigenvalue weighted by atomic mass is 15.2. The van der Waals surface area contributed by atoms with Crippen LogP contribution in [0.3, 0.4) is 0 Å². The summed E-state index contributed by atoms with van der Waals surface area (Å²) in [5.41, 5.74) is 8.95. The molecule has 1 fully saturated rings. The van der Waals surface area contributed by atoms with E-state index < -0.39 is 0 Å². The van der Waals surface area contributed by atoms with Gasteiger partial charge in [-0.25, -0.2) is 4.98 Å². The summed E-state index contributed by atoms with van der Waals surface area (Å²) < 4.78 is 0. The van der Waals surface area contributed by atoms with Gasteiger partial charge in [-0.1, -0.05) is 13.8 Å². The van der Waals surface area contributed by atoms with Crippen LogP contribution in [-0.4, -0.2) is 34.1 Å². The van der Waals surface area contributed by atoms with Gasteiger partial charge >= 0.3 is 0 Å². The second kappa shape index (κ2) is 5.35. The number of fused-ring (bicyclic) bond motifs is 1. The number of hydrogen-bond acceptors (Lipinski definition) is 6. The van der Waals surface area contributed by atoms with Crippen LogP contribution in [0.25, 0.3) is 11.0 Å². The van der Waals surface area contributed by atoms with Crippen molar-refractivity contribution >= 4 is 22.8 Å². The largest absolute Gasteiger partial charge is 0.383 e. The molecular weight excluding hydrogens is 276 g/mol. The fourth-order valence-electron chi connectivity index (χ4n) is 3.17. The minimum Gasteiger partial charge on any atom is -0.383 e. The first-order valence-electron chi connectivity index (χ1n) is 7.75. The molecule has 1 atom stereocenters. The summed E-state index contributed by atoms with van der Waals surface area (Å²) in [7, 11) is 0. The van der Waals surface area contributed by atoms with Crippen molar-refractivity contribution in [2.45, 2.75) is 40.2 Å². The fraction of sp³-hybridized carbons (Fsp3) is 0.562. The van der Waals surface area contributed by atoms with Crippen molar-refractivity contribution in [2.24, 2.45) is 5.41 Å². The van der Waals surface area contributed by atoms with Crippen LogP contribution in [0.5, 0.6) is 0 Å². The van der Waals surface area contributed by atoms with E-state index in [-0.39, 0.29) is 5.41 Å². The van der Waals surface area contributed by atoms with Crippen LogP contribution in [0.2, 0.25) is 0 Å². The van der Waals surface area contributed by atoms with Gasteiger partial charge < -0.3 is 16.4 Å². The number of piperidine rings is 1. The first kappa shape index (κ1) is 15.0. The molecule has 2 aromatic heterocycles. The first-order chi connectivity index (χ1) is 10.4. The van der Waals surface area contributed by atoms with Crippen molar-refractivity contribution in [3.05, 3.63) is 17.3 Å². The molecule has 1 saturated heterocycles. The maximum absolute atomic E-state index is 6.14. The van der Waals surface area contributed by atoms with Crippen LogP contribution in [0, 0.1) is 19.3 Å². The average molecular weight is 300 g/mol. The number of nitrogens with two attached hydrogens (primary N) is 1. The number of aryl methyl sites for hydroxylation is 2. The van der Waals surface area contributed by atoms with E-state index in [9.17, 15) is 0 Å². The van der Waals surface area contributed by atoms with Crippen LogP contribution in [0.1, 0.15) is 31.5 Å². The molecule has 3 rings (SSSR count). The number of hydrogen-bond donors (Lipinski definition) is 3. The molecule has 0 amide bonds. The molecule has 2 aromatic rings. The Kier molecular flexibility index (Phi) is 3.64. The molecule has 0 radical (unpaired) electrons. The lowest BCUT2D eigenvalue weighted by molar-refractivity contribution is 0.236. The van der Waals surface area contributed by atoms with Crippen molar-refractivity contribution in [1.29, 1.82) is 0 Å². The summed E-state index contributed by atoms with van der Waals surface area (Å²) in [6, 6.07) is 2.32. The summed E-state index contributed by atoms with van der Waals surface area (Å²) in [5, 5.41) is 7.74. The van der Waals surface area contributed by atoms with Gasteiger partial charge in [0.15, 0.2) is 5.65 Å². The summed E-state index contributed by atoms with van der Waals surface area (Å²) in [4.78, 5) is 13.5. The smallest absolute Gasteiger partial charge is 0.226 e. The normalized spacial score (nSPS) is 21.0. The van der Waals surface area contributed by atoms with Crippen molar-refractivity contribution < 1.29 is 0 Å². The van der Waals surface area contributed by atoms with E-state index in [0.717, 1.165) is 36.2 Å². The van der Waals surface area contributed by atoms with Crippen molar-refractivity contribution in [3.8, 4) is 0 Å². The Hall–Kier alpha value is -1.95. The minimum atomic E-state index is 0.140. The standard InChI is InChI=1S/C16H24N6/c1-9-7-10(2)19-14-12(9)13(17)21-15(22-14)20-11-5-6-18-8-16(11,3)4/h7,11,18H,5-6,8H2,1-4H3,(H3,17,19,20,21,22). The molecule has 1 aliphatic rings. The van der Waals surface area contributed by atoms with Crippen LogP contribution in [0.15, 0.2) is 6.07 Å². The quantitative estimate of drug-likeness (QED) is 0.786. The maximum atomic E-state index is 6.14. The highest BCUT2D eigenvalue weighted by Crippen LogP contribution is 2.29.